The highest BCUT2D eigenvalue weighted by Gasteiger charge is 2.21. The summed E-state index contributed by atoms with van der Waals surface area (Å²) in [5.41, 5.74) is 0. The molecule has 0 saturated carbocycles. The molecule has 2 unspecified atom stereocenters. The van der Waals surface area contributed by atoms with E-state index in [2.05, 4.69) is 23.1 Å². The average Bonchev–Trinajstić information content (AvgIpc) is 2.80. The Labute approximate surface area is 99.5 Å². The minimum absolute atomic E-state index is 0.248. The highest BCUT2D eigenvalue weighted by Crippen LogP contribution is 2.10. The molecule has 1 N–H and O–H groups in total. The van der Waals surface area contributed by atoms with Crippen LogP contribution >= 0.6 is 0 Å². The summed E-state index contributed by atoms with van der Waals surface area (Å²) in [6.07, 6.45) is 9.14. The molecule has 2 atom stereocenters. The molecular weight excluding hydrogens is 200 g/mol. The third-order valence-corrected chi connectivity index (χ3v) is 3.22. The number of hydrogen-bond donors (Lipinski definition) is 1. The molecule has 0 amide bonds. The molecule has 0 spiro atoms. The molecule has 1 rings (SSSR count). The van der Waals surface area contributed by atoms with Crippen LogP contribution in [-0.4, -0.2) is 50.3 Å². The number of terminal acetylenes is 1. The Bertz CT molecular complexity index is 218. The summed E-state index contributed by atoms with van der Waals surface area (Å²) in [5.74, 6) is 2.88. The first-order valence-corrected chi connectivity index (χ1v) is 6.24. The fourth-order valence-electron chi connectivity index (χ4n) is 2.26. The Kier molecular flexibility index (Phi) is 6.47. The Morgan fingerprint density at radius 1 is 1.62 bits per heavy atom. The van der Waals surface area contributed by atoms with Crippen molar-refractivity contribution >= 4 is 0 Å². The second-order valence-corrected chi connectivity index (χ2v) is 4.37. The molecule has 3 nitrogen and oxygen atoms in total. The van der Waals surface area contributed by atoms with Gasteiger partial charge in [0.1, 0.15) is 0 Å². The fraction of sp³-hybridized carbons (Fsp3) is 0.846. The molecule has 16 heavy (non-hydrogen) atoms. The van der Waals surface area contributed by atoms with Gasteiger partial charge in [-0.05, 0) is 25.8 Å². The number of nitrogens with zero attached hydrogens (tertiary/aromatic N) is 1. The summed E-state index contributed by atoms with van der Waals surface area (Å²) in [5, 5.41) is 3.52. The maximum Gasteiger partial charge on any atom is 0.0710 e. The molecule has 1 aliphatic rings. The van der Waals surface area contributed by atoms with Crippen LogP contribution in [0.5, 0.6) is 0 Å². The average molecular weight is 224 g/mol. The van der Waals surface area contributed by atoms with Crippen LogP contribution in [0.1, 0.15) is 26.2 Å². The fourth-order valence-corrected chi connectivity index (χ4v) is 2.26. The molecule has 92 valence electrons. The Hall–Kier alpha value is -0.560. The highest BCUT2D eigenvalue weighted by molar-refractivity contribution is 5.00. The van der Waals surface area contributed by atoms with E-state index in [1.54, 1.807) is 7.11 Å². The van der Waals surface area contributed by atoms with Gasteiger partial charge in [-0.15, -0.1) is 6.42 Å². The smallest absolute Gasteiger partial charge is 0.0710 e. The Morgan fingerprint density at radius 2 is 2.44 bits per heavy atom. The molecule has 0 aromatic rings. The van der Waals surface area contributed by atoms with Gasteiger partial charge in [-0.25, -0.2) is 0 Å². The molecule has 1 aliphatic heterocycles. The van der Waals surface area contributed by atoms with Gasteiger partial charge in [-0.3, -0.25) is 4.90 Å². The number of methoxy groups -OCH3 is 1. The summed E-state index contributed by atoms with van der Waals surface area (Å²) in [7, 11) is 1.74. The zero-order valence-corrected chi connectivity index (χ0v) is 10.5. The van der Waals surface area contributed by atoms with Gasteiger partial charge < -0.3 is 10.1 Å². The quantitative estimate of drug-likeness (QED) is 0.655. The molecule has 0 radical (unpaired) electrons. The van der Waals surface area contributed by atoms with Crippen molar-refractivity contribution in [1.29, 1.82) is 0 Å². The first-order valence-electron chi connectivity index (χ1n) is 6.24. The van der Waals surface area contributed by atoms with Crippen molar-refractivity contribution in [3.05, 3.63) is 0 Å². The van der Waals surface area contributed by atoms with E-state index in [9.17, 15) is 0 Å². The van der Waals surface area contributed by atoms with Crippen molar-refractivity contribution in [3.63, 3.8) is 0 Å². The topological polar surface area (TPSA) is 24.5 Å². The normalized spacial score (nSPS) is 22.2. The lowest BCUT2D eigenvalue weighted by Crippen LogP contribution is -2.44. The van der Waals surface area contributed by atoms with Gasteiger partial charge in [0, 0.05) is 26.2 Å². The van der Waals surface area contributed by atoms with Crippen LogP contribution in [0.25, 0.3) is 0 Å². The standard InChI is InChI=1S/C13H24N2O/c1-4-13(5-2)15(9-10-16-3)11-12-7-6-8-14-12/h1,12-14H,5-11H2,2-3H3. The first kappa shape index (κ1) is 13.5. The van der Waals surface area contributed by atoms with Crippen molar-refractivity contribution in [3.8, 4) is 12.3 Å². The largest absolute Gasteiger partial charge is 0.383 e. The van der Waals surface area contributed by atoms with Crippen LogP contribution in [0.15, 0.2) is 0 Å². The highest BCUT2D eigenvalue weighted by atomic mass is 16.5. The van der Waals surface area contributed by atoms with E-state index < -0.39 is 0 Å². The summed E-state index contributed by atoms with van der Waals surface area (Å²) in [6.45, 7) is 6.02. The van der Waals surface area contributed by atoms with Crippen LogP contribution < -0.4 is 5.32 Å². The third kappa shape index (κ3) is 4.13. The van der Waals surface area contributed by atoms with Crippen molar-refractivity contribution in [2.75, 3.05) is 33.4 Å². The molecule has 1 saturated heterocycles. The number of rotatable bonds is 7. The summed E-state index contributed by atoms with van der Waals surface area (Å²) >= 11 is 0. The summed E-state index contributed by atoms with van der Waals surface area (Å²) in [4.78, 5) is 2.37. The van der Waals surface area contributed by atoms with E-state index in [1.807, 2.05) is 0 Å². The molecule has 0 aromatic heterocycles. The van der Waals surface area contributed by atoms with Crippen LogP contribution in [0, 0.1) is 12.3 Å². The van der Waals surface area contributed by atoms with E-state index in [1.165, 1.54) is 12.8 Å². The first-order chi connectivity index (χ1) is 7.81. The zero-order chi connectivity index (χ0) is 11.8. The minimum Gasteiger partial charge on any atom is -0.383 e. The second-order valence-electron chi connectivity index (χ2n) is 4.37. The summed E-state index contributed by atoms with van der Waals surface area (Å²) in [6, 6.07) is 0.858. The van der Waals surface area contributed by atoms with Gasteiger partial charge in [0.2, 0.25) is 0 Å². The van der Waals surface area contributed by atoms with E-state index in [4.69, 9.17) is 11.2 Å². The third-order valence-electron chi connectivity index (χ3n) is 3.22. The predicted octanol–water partition coefficient (Wildman–Crippen LogP) is 1.10. The summed E-state index contributed by atoms with van der Waals surface area (Å²) < 4.78 is 5.15. The van der Waals surface area contributed by atoms with Crippen LogP contribution in [-0.2, 0) is 4.74 Å². The molecular formula is C13H24N2O. The van der Waals surface area contributed by atoms with Gasteiger partial charge in [-0.2, -0.15) is 0 Å². The second kappa shape index (κ2) is 7.67. The Balaban J connectivity index is 2.44. The van der Waals surface area contributed by atoms with Gasteiger partial charge >= 0.3 is 0 Å². The lowest BCUT2D eigenvalue weighted by Gasteiger charge is -2.29. The zero-order valence-electron chi connectivity index (χ0n) is 10.5. The van der Waals surface area contributed by atoms with Gasteiger partial charge in [-0.1, -0.05) is 12.8 Å². The lowest BCUT2D eigenvalue weighted by atomic mass is 10.1. The van der Waals surface area contributed by atoms with Gasteiger partial charge in [0.05, 0.1) is 12.6 Å². The van der Waals surface area contributed by atoms with E-state index in [-0.39, 0.29) is 6.04 Å². The van der Waals surface area contributed by atoms with Crippen molar-refractivity contribution < 1.29 is 4.74 Å². The van der Waals surface area contributed by atoms with Crippen LogP contribution in [0.2, 0.25) is 0 Å². The van der Waals surface area contributed by atoms with Crippen LogP contribution in [0.3, 0.4) is 0 Å². The predicted molar refractivity (Wildman–Crippen MR) is 67.4 cm³/mol. The molecule has 0 bridgehead atoms. The van der Waals surface area contributed by atoms with Gasteiger partial charge in [0.15, 0.2) is 0 Å². The number of ether oxygens (including phenoxy) is 1. The van der Waals surface area contributed by atoms with E-state index >= 15 is 0 Å². The lowest BCUT2D eigenvalue weighted by molar-refractivity contribution is 0.127. The number of hydrogen-bond acceptors (Lipinski definition) is 3. The molecule has 0 aliphatic carbocycles. The molecule has 1 heterocycles. The van der Waals surface area contributed by atoms with Crippen molar-refractivity contribution in [2.45, 2.75) is 38.3 Å². The molecule has 1 fully saturated rings. The maximum absolute atomic E-state index is 5.58. The Morgan fingerprint density at radius 3 is 2.94 bits per heavy atom. The number of nitrogens with one attached hydrogen (secondary N) is 1. The minimum atomic E-state index is 0.248. The van der Waals surface area contributed by atoms with E-state index in [0.717, 1.165) is 32.7 Å². The molecule has 3 heteroatoms. The maximum atomic E-state index is 5.58. The van der Waals surface area contributed by atoms with E-state index in [0.29, 0.717) is 6.04 Å². The van der Waals surface area contributed by atoms with Crippen molar-refractivity contribution in [2.24, 2.45) is 0 Å². The van der Waals surface area contributed by atoms with Crippen LogP contribution in [0.4, 0.5) is 0 Å². The SMILES string of the molecule is C#CC(CC)N(CCOC)CC1CCCN1. The van der Waals surface area contributed by atoms with Crippen molar-refractivity contribution in [1.82, 2.24) is 10.2 Å². The molecule has 0 aromatic carbocycles. The monoisotopic (exact) mass is 224 g/mol. The van der Waals surface area contributed by atoms with Gasteiger partial charge in [0.25, 0.3) is 0 Å².